The van der Waals surface area contributed by atoms with Crippen molar-refractivity contribution in [3.63, 3.8) is 0 Å². The highest BCUT2D eigenvalue weighted by molar-refractivity contribution is 7.09. The molecule has 100 valence electrons. The molecular weight excluding hydrogens is 282 g/mol. The monoisotopic (exact) mass is 295 g/mol. The number of carboxylic acids is 1. The van der Waals surface area contributed by atoms with Crippen molar-refractivity contribution >= 4 is 28.9 Å². The van der Waals surface area contributed by atoms with E-state index in [0.717, 1.165) is 17.7 Å². The van der Waals surface area contributed by atoms with Crippen LogP contribution in [0.5, 0.6) is 0 Å². The highest BCUT2D eigenvalue weighted by Crippen LogP contribution is 2.25. The zero-order chi connectivity index (χ0) is 13.8. The van der Waals surface area contributed by atoms with Crippen LogP contribution < -0.4 is 0 Å². The van der Waals surface area contributed by atoms with Gasteiger partial charge in [-0.3, -0.25) is 4.79 Å². The van der Waals surface area contributed by atoms with Crippen molar-refractivity contribution in [2.45, 2.75) is 25.7 Å². The topological polar surface area (TPSA) is 50.2 Å². The lowest BCUT2D eigenvalue weighted by Crippen LogP contribution is -2.14. The van der Waals surface area contributed by atoms with Crippen molar-refractivity contribution in [1.29, 1.82) is 0 Å². The van der Waals surface area contributed by atoms with E-state index in [1.807, 2.05) is 24.4 Å². The molecule has 19 heavy (non-hydrogen) atoms. The molecule has 1 aromatic heterocycles. The second-order valence-electron chi connectivity index (χ2n) is 4.25. The first-order valence-electron chi connectivity index (χ1n) is 6.01. The molecule has 1 heterocycles. The van der Waals surface area contributed by atoms with E-state index in [-0.39, 0.29) is 0 Å². The number of benzene rings is 1. The first kappa shape index (κ1) is 14.0. The number of nitrogens with zero attached hydrogens (tertiary/aromatic N) is 1. The molecule has 0 aliphatic rings. The SMILES string of the molecule is CCc1csc(C(Cc2ccc(Cl)cc2)C(=O)O)n1. The van der Waals surface area contributed by atoms with Gasteiger partial charge >= 0.3 is 5.97 Å². The van der Waals surface area contributed by atoms with Gasteiger partial charge in [0.05, 0.1) is 5.69 Å². The van der Waals surface area contributed by atoms with E-state index in [1.54, 1.807) is 12.1 Å². The fraction of sp³-hybridized carbons (Fsp3) is 0.286. The van der Waals surface area contributed by atoms with Crippen LogP contribution in [0.15, 0.2) is 29.6 Å². The van der Waals surface area contributed by atoms with E-state index in [4.69, 9.17) is 11.6 Å². The van der Waals surface area contributed by atoms with Crippen LogP contribution in [-0.4, -0.2) is 16.1 Å². The summed E-state index contributed by atoms with van der Waals surface area (Å²) in [5, 5.41) is 12.6. The Kier molecular flexibility index (Phi) is 4.56. The van der Waals surface area contributed by atoms with Gasteiger partial charge in [0.25, 0.3) is 0 Å². The Morgan fingerprint density at radius 3 is 2.63 bits per heavy atom. The quantitative estimate of drug-likeness (QED) is 0.913. The van der Waals surface area contributed by atoms with Crippen LogP contribution in [0.4, 0.5) is 0 Å². The average molecular weight is 296 g/mol. The second kappa shape index (κ2) is 6.17. The van der Waals surface area contributed by atoms with Gasteiger partial charge in [-0.25, -0.2) is 4.98 Å². The maximum Gasteiger partial charge on any atom is 0.313 e. The van der Waals surface area contributed by atoms with Gasteiger partial charge in [0, 0.05) is 10.4 Å². The Morgan fingerprint density at radius 1 is 1.42 bits per heavy atom. The summed E-state index contributed by atoms with van der Waals surface area (Å²) >= 11 is 7.24. The van der Waals surface area contributed by atoms with Gasteiger partial charge in [-0.2, -0.15) is 0 Å². The number of thiazole rings is 1. The molecule has 3 nitrogen and oxygen atoms in total. The first-order chi connectivity index (χ1) is 9.10. The van der Waals surface area contributed by atoms with Crippen molar-refractivity contribution in [2.24, 2.45) is 0 Å². The Hall–Kier alpha value is -1.39. The summed E-state index contributed by atoms with van der Waals surface area (Å²) in [5.41, 5.74) is 1.90. The fourth-order valence-corrected chi connectivity index (χ4v) is 2.90. The average Bonchev–Trinajstić information content (AvgIpc) is 2.86. The largest absolute Gasteiger partial charge is 0.481 e. The van der Waals surface area contributed by atoms with Gasteiger partial charge < -0.3 is 5.11 Å². The Bertz CT molecular complexity index is 565. The third-order valence-electron chi connectivity index (χ3n) is 2.88. The van der Waals surface area contributed by atoms with E-state index in [9.17, 15) is 9.90 Å². The molecule has 5 heteroatoms. The number of aliphatic carboxylic acids is 1. The molecule has 0 fully saturated rings. The molecule has 1 unspecified atom stereocenters. The summed E-state index contributed by atoms with van der Waals surface area (Å²) in [4.78, 5) is 15.8. The van der Waals surface area contributed by atoms with Crippen LogP contribution in [0.25, 0.3) is 0 Å². The first-order valence-corrected chi connectivity index (χ1v) is 7.27. The molecule has 0 saturated carbocycles. The van der Waals surface area contributed by atoms with Crippen molar-refractivity contribution < 1.29 is 9.90 Å². The third kappa shape index (κ3) is 3.55. The van der Waals surface area contributed by atoms with Crippen LogP contribution in [0.3, 0.4) is 0 Å². The molecule has 2 aromatic rings. The number of carbonyl (C=O) groups is 1. The molecule has 0 radical (unpaired) electrons. The Labute approximate surface area is 120 Å². The zero-order valence-electron chi connectivity index (χ0n) is 10.5. The molecule has 0 amide bonds. The van der Waals surface area contributed by atoms with E-state index in [2.05, 4.69) is 4.98 Å². The highest BCUT2D eigenvalue weighted by Gasteiger charge is 2.23. The maximum absolute atomic E-state index is 11.4. The Balaban J connectivity index is 2.21. The number of hydrogen-bond donors (Lipinski definition) is 1. The maximum atomic E-state index is 11.4. The molecule has 0 aliphatic heterocycles. The van der Waals surface area contributed by atoms with E-state index in [1.165, 1.54) is 11.3 Å². The van der Waals surface area contributed by atoms with Gasteiger partial charge in [-0.1, -0.05) is 30.7 Å². The highest BCUT2D eigenvalue weighted by atomic mass is 35.5. The summed E-state index contributed by atoms with van der Waals surface area (Å²) in [6.07, 6.45) is 1.26. The standard InChI is InChI=1S/C14H14ClNO2S/c1-2-11-8-19-13(16-11)12(14(17)18)7-9-3-5-10(15)6-4-9/h3-6,8,12H,2,7H2,1H3,(H,17,18). The number of halogens is 1. The van der Waals surface area contributed by atoms with Crippen molar-refractivity contribution in [3.05, 3.63) is 50.9 Å². The van der Waals surface area contributed by atoms with Crippen LogP contribution in [0.1, 0.15) is 29.1 Å². The molecule has 0 saturated heterocycles. The lowest BCUT2D eigenvalue weighted by Gasteiger charge is -2.09. The fourth-order valence-electron chi connectivity index (χ4n) is 1.78. The predicted molar refractivity (Wildman–Crippen MR) is 77.0 cm³/mol. The molecular formula is C14H14ClNO2S. The summed E-state index contributed by atoms with van der Waals surface area (Å²) in [7, 11) is 0. The van der Waals surface area contributed by atoms with Crippen molar-refractivity contribution in [2.75, 3.05) is 0 Å². The lowest BCUT2D eigenvalue weighted by atomic mass is 10.00. The van der Waals surface area contributed by atoms with Crippen LogP contribution in [0.2, 0.25) is 5.02 Å². The summed E-state index contributed by atoms with van der Waals surface area (Å²) in [5.74, 6) is -1.43. The molecule has 0 aliphatic carbocycles. The number of rotatable bonds is 5. The molecule has 0 bridgehead atoms. The van der Waals surface area contributed by atoms with Gasteiger partial charge in [0.15, 0.2) is 0 Å². The number of aryl methyl sites for hydroxylation is 1. The van der Waals surface area contributed by atoms with Crippen molar-refractivity contribution in [3.8, 4) is 0 Å². The van der Waals surface area contributed by atoms with Crippen molar-refractivity contribution in [1.82, 2.24) is 4.98 Å². The molecule has 0 spiro atoms. The predicted octanol–water partition coefficient (Wildman–Crippen LogP) is 3.77. The molecule has 1 atom stereocenters. The minimum absolute atomic E-state index is 0.434. The van der Waals surface area contributed by atoms with Gasteiger partial charge in [-0.05, 0) is 30.5 Å². The van der Waals surface area contributed by atoms with Crippen LogP contribution in [-0.2, 0) is 17.6 Å². The molecule has 2 rings (SSSR count). The molecule has 1 N–H and O–H groups in total. The van der Waals surface area contributed by atoms with Crippen LogP contribution in [0, 0.1) is 0 Å². The molecule has 1 aromatic carbocycles. The summed E-state index contributed by atoms with van der Waals surface area (Å²) in [6, 6.07) is 7.25. The normalized spacial score (nSPS) is 12.3. The Morgan fingerprint density at radius 2 is 2.11 bits per heavy atom. The number of carboxylic acid groups (broad SMARTS) is 1. The van der Waals surface area contributed by atoms with Crippen LogP contribution >= 0.6 is 22.9 Å². The van der Waals surface area contributed by atoms with E-state index < -0.39 is 11.9 Å². The minimum Gasteiger partial charge on any atom is -0.481 e. The van der Waals surface area contributed by atoms with Gasteiger partial charge in [-0.15, -0.1) is 11.3 Å². The summed E-state index contributed by atoms with van der Waals surface area (Å²) < 4.78 is 0. The zero-order valence-corrected chi connectivity index (χ0v) is 12.0. The number of hydrogen-bond acceptors (Lipinski definition) is 3. The second-order valence-corrected chi connectivity index (χ2v) is 5.58. The van der Waals surface area contributed by atoms with Gasteiger partial charge in [0.2, 0.25) is 0 Å². The minimum atomic E-state index is -0.841. The summed E-state index contributed by atoms with van der Waals surface area (Å²) in [6.45, 7) is 2.01. The smallest absolute Gasteiger partial charge is 0.313 e. The lowest BCUT2D eigenvalue weighted by molar-refractivity contribution is -0.138. The number of aromatic nitrogens is 1. The van der Waals surface area contributed by atoms with E-state index in [0.29, 0.717) is 16.5 Å². The third-order valence-corrected chi connectivity index (χ3v) is 4.14. The van der Waals surface area contributed by atoms with Gasteiger partial charge in [0.1, 0.15) is 10.9 Å². The van der Waals surface area contributed by atoms with E-state index >= 15 is 0 Å².